The Morgan fingerprint density at radius 3 is 2.16 bits per heavy atom. The third kappa shape index (κ3) is 8.20. The van der Waals surface area contributed by atoms with Crippen molar-refractivity contribution in [1.29, 1.82) is 0 Å². The fourth-order valence-corrected chi connectivity index (χ4v) is 4.00. The first-order valence-electron chi connectivity index (χ1n) is 13.3. The topological polar surface area (TPSA) is 121 Å². The summed E-state index contributed by atoms with van der Waals surface area (Å²) in [5, 5.41) is 2.70. The molecule has 1 atom stereocenters. The van der Waals surface area contributed by atoms with Crippen LogP contribution < -0.4 is 20.0 Å². The van der Waals surface area contributed by atoms with Gasteiger partial charge in [-0.05, 0) is 62.1 Å². The van der Waals surface area contributed by atoms with Crippen LogP contribution in [0.3, 0.4) is 0 Å². The van der Waals surface area contributed by atoms with Gasteiger partial charge < -0.3 is 19.8 Å². The lowest BCUT2D eigenvalue weighted by molar-refractivity contribution is -0.274. The van der Waals surface area contributed by atoms with Crippen molar-refractivity contribution in [2.24, 2.45) is 5.41 Å². The number of hydrogen-bond donors (Lipinski definition) is 1. The van der Waals surface area contributed by atoms with Gasteiger partial charge in [0, 0.05) is 25.0 Å². The van der Waals surface area contributed by atoms with E-state index in [2.05, 4.69) is 19.9 Å². The number of hydroxylamine groups is 1. The average molecular weight is 648 g/mol. The SMILES string of the molecule is CC(NCC(=O)N(OC(=O)C(F)(F)F)c1ccc(OC(F)(F)F)c(N2C(=O)N(Cc3ccncc3)C(C)(C)C2=O)c1)C(C)(C)C. The number of amides is 4. The minimum absolute atomic E-state index is 0.0794. The zero-order chi connectivity index (χ0) is 34.1. The number of rotatable bonds is 8. The maximum Gasteiger partial charge on any atom is 0.573 e. The molecule has 0 bridgehead atoms. The summed E-state index contributed by atoms with van der Waals surface area (Å²) in [6, 6.07) is 3.49. The molecule has 4 amide bonds. The zero-order valence-corrected chi connectivity index (χ0v) is 25.0. The summed E-state index contributed by atoms with van der Waals surface area (Å²) in [7, 11) is 0. The van der Waals surface area contributed by atoms with Gasteiger partial charge >= 0.3 is 24.5 Å². The number of anilines is 2. The molecule has 11 nitrogen and oxygen atoms in total. The molecule has 17 heteroatoms. The van der Waals surface area contributed by atoms with Crippen molar-refractivity contribution < 1.29 is 55.1 Å². The number of benzene rings is 1. The number of pyridine rings is 1. The van der Waals surface area contributed by atoms with Crippen molar-refractivity contribution in [1.82, 2.24) is 15.2 Å². The van der Waals surface area contributed by atoms with Gasteiger partial charge in [0.05, 0.1) is 17.9 Å². The summed E-state index contributed by atoms with van der Waals surface area (Å²) in [6.45, 7) is 8.95. The van der Waals surface area contributed by atoms with Crippen LogP contribution in [0.4, 0.5) is 42.5 Å². The van der Waals surface area contributed by atoms with E-state index in [4.69, 9.17) is 0 Å². The number of alkyl halides is 6. The first kappa shape index (κ1) is 35.1. The maximum atomic E-state index is 13.6. The van der Waals surface area contributed by atoms with Gasteiger partial charge in [0.2, 0.25) is 0 Å². The number of hydrogen-bond acceptors (Lipinski definition) is 8. The quantitative estimate of drug-likeness (QED) is 0.239. The molecule has 1 aliphatic rings. The number of urea groups is 1. The molecule has 45 heavy (non-hydrogen) atoms. The van der Waals surface area contributed by atoms with Crippen LogP contribution in [0.2, 0.25) is 0 Å². The summed E-state index contributed by atoms with van der Waals surface area (Å²) >= 11 is 0. The van der Waals surface area contributed by atoms with Gasteiger partial charge in [-0.15, -0.1) is 18.2 Å². The molecule has 1 saturated heterocycles. The molecule has 246 valence electrons. The Morgan fingerprint density at radius 2 is 1.62 bits per heavy atom. The highest BCUT2D eigenvalue weighted by molar-refractivity contribution is 6.23. The van der Waals surface area contributed by atoms with E-state index >= 15 is 0 Å². The van der Waals surface area contributed by atoms with E-state index < -0.39 is 71.0 Å². The standard InChI is InChI=1S/C28H31F6N5O6/c1-16(25(2,3)4)36-14-21(40)39(45-23(42)27(29,30)31)18-7-8-20(44-28(32,33)34)19(13-18)38-22(41)26(5,6)37(24(38)43)15-17-9-11-35-12-10-17/h7-13,16,36H,14-15H2,1-6H3. The Hall–Kier alpha value is -4.41. The second kappa shape index (κ2) is 12.5. The van der Waals surface area contributed by atoms with Gasteiger partial charge in [0.25, 0.3) is 11.8 Å². The van der Waals surface area contributed by atoms with Crippen molar-refractivity contribution in [2.45, 2.75) is 72.2 Å². The van der Waals surface area contributed by atoms with E-state index in [9.17, 15) is 45.5 Å². The number of aromatic nitrogens is 1. The van der Waals surface area contributed by atoms with E-state index in [1.165, 1.54) is 26.2 Å². The number of carbonyl (C=O) groups excluding carboxylic acids is 4. The van der Waals surface area contributed by atoms with E-state index in [0.29, 0.717) is 28.7 Å². The van der Waals surface area contributed by atoms with Gasteiger partial charge in [0.15, 0.2) is 5.75 Å². The predicted molar refractivity (Wildman–Crippen MR) is 146 cm³/mol. The molecule has 2 heterocycles. The minimum atomic E-state index is -5.56. The smallest absolute Gasteiger partial charge is 0.404 e. The van der Waals surface area contributed by atoms with E-state index in [1.54, 1.807) is 19.1 Å². The molecule has 3 rings (SSSR count). The summed E-state index contributed by atoms with van der Waals surface area (Å²) in [5.41, 5.74) is -3.10. The second-order valence-corrected chi connectivity index (χ2v) is 11.7. The number of halogens is 6. The van der Waals surface area contributed by atoms with Crippen molar-refractivity contribution in [3.63, 3.8) is 0 Å². The number of nitrogens with zero attached hydrogens (tertiary/aromatic N) is 4. The van der Waals surface area contributed by atoms with Crippen LogP contribution in [0, 0.1) is 5.41 Å². The zero-order valence-electron chi connectivity index (χ0n) is 25.0. The van der Waals surface area contributed by atoms with Crippen LogP contribution >= 0.6 is 0 Å². The number of imide groups is 1. The molecule has 2 aromatic rings. The number of carbonyl (C=O) groups is 4. The third-order valence-electron chi connectivity index (χ3n) is 7.05. The highest BCUT2D eigenvalue weighted by atomic mass is 19.4. The predicted octanol–water partition coefficient (Wildman–Crippen LogP) is 5.11. The molecule has 1 aromatic heterocycles. The lowest BCUT2D eigenvalue weighted by atomic mass is 9.88. The lowest BCUT2D eigenvalue weighted by Crippen LogP contribution is -2.47. The molecule has 1 aromatic carbocycles. The largest absolute Gasteiger partial charge is 0.573 e. The van der Waals surface area contributed by atoms with Gasteiger partial charge in [-0.3, -0.25) is 14.6 Å². The van der Waals surface area contributed by atoms with Crippen molar-refractivity contribution >= 4 is 35.2 Å². The first-order valence-corrected chi connectivity index (χ1v) is 13.3. The van der Waals surface area contributed by atoms with E-state index in [1.807, 2.05) is 20.8 Å². The third-order valence-corrected chi connectivity index (χ3v) is 7.05. The lowest BCUT2D eigenvalue weighted by Gasteiger charge is -2.29. The maximum absolute atomic E-state index is 13.6. The number of nitrogens with one attached hydrogen (secondary N) is 1. The molecular weight excluding hydrogens is 616 g/mol. The van der Waals surface area contributed by atoms with Gasteiger partial charge in [-0.25, -0.2) is 14.5 Å². The fourth-order valence-electron chi connectivity index (χ4n) is 4.00. The van der Waals surface area contributed by atoms with Crippen LogP contribution in [0.15, 0.2) is 42.7 Å². The molecular formula is C28H31F6N5O6. The average Bonchev–Trinajstić information content (AvgIpc) is 3.08. The summed E-state index contributed by atoms with van der Waals surface area (Å²) < 4.78 is 83.7. The Morgan fingerprint density at radius 1 is 1.02 bits per heavy atom. The number of ether oxygens (including phenoxy) is 1. The highest BCUT2D eigenvalue weighted by Gasteiger charge is 2.53. The monoisotopic (exact) mass is 647 g/mol. The van der Waals surface area contributed by atoms with Crippen LogP contribution in [-0.4, -0.2) is 64.4 Å². The Balaban J connectivity index is 2.12. The van der Waals surface area contributed by atoms with Crippen LogP contribution in [0.25, 0.3) is 0 Å². The van der Waals surface area contributed by atoms with Crippen molar-refractivity contribution in [3.05, 3.63) is 48.3 Å². The van der Waals surface area contributed by atoms with Gasteiger partial charge in [0.1, 0.15) is 5.54 Å². The van der Waals surface area contributed by atoms with E-state index in [0.717, 1.165) is 4.90 Å². The van der Waals surface area contributed by atoms with Crippen LogP contribution in [-0.2, 0) is 25.8 Å². The Kier molecular flexibility index (Phi) is 9.77. The second-order valence-electron chi connectivity index (χ2n) is 11.7. The van der Waals surface area contributed by atoms with Gasteiger partial charge in [-0.1, -0.05) is 20.8 Å². The molecule has 1 aliphatic heterocycles. The molecule has 0 saturated carbocycles. The van der Waals surface area contributed by atoms with Crippen LogP contribution in [0.5, 0.6) is 5.75 Å². The Labute approximate surface area is 254 Å². The molecule has 1 fully saturated rings. The molecule has 1 N–H and O–H groups in total. The minimum Gasteiger partial charge on any atom is -0.404 e. The fraction of sp³-hybridized carbons (Fsp3) is 0.464. The normalized spacial score (nSPS) is 16.1. The van der Waals surface area contributed by atoms with Crippen molar-refractivity contribution in [3.8, 4) is 5.75 Å². The summed E-state index contributed by atoms with van der Waals surface area (Å²) in [6.07, 6.45) is -8.05. The first-order chi connectivity index (χ1) is 20.5. The highest BCUT2D eigenvalue weighted by Crippen LogP contribution is 2.42. The van der Waals surface area contributed by atoms with Crippen molar-refractivity contribution in [2.75, 3.05) is 16.5 Å². The molecule has 1 unspecified atom stereocenters. The molecule has 0 aliphatic carbocycles. The summed E-state index contributed by atoms with van der Waals surface area (Å²) in [5.74, 6) is -6.17. The molecule has 0 radical (unpaired) electrons. The van der Waals surface area contributed by atoms with Crippen LogP contribution in [0.1, 0.15) is 47.1 Å². The van der Waals surface area contributed by atoms with Gasteiger partial charge in [-0.2, -0.15) is 13.2 Å². The summed E-state index contributed by atoms with van der Waals surface area (Å²) in [4.78, 5) is 61.7. The Bertz CT molecular complexity index is 1440. The molecule has 0 spiro atoms. The van der Waals surface area contributed by atoms with E-state index in [-0.39, 0.29) is 17.6 Å².